The van der Waals surface area contributed by atoms with E-state index in [0.717, 1.165) is 5.56 Å². The summed E-state index contributed by atoms with van der Waals surface area (Å²) in [6, 6.07) is 6.82. The zero-order valence-corrected chi connectivity index (χ0v) is 12.3. The molecular formula is C16H16F2N2O2. The molecule has 2 aliphatic rings. The zero-order chi connectivity index (χ0) is 16.1. The molecule has 6 heteroatoms. The Hall–Kier alpha value is -2.16. The van der Waals surface area contributed by atoms with Gasteiger partial charge in [0.05, 0.1) is 24.2 Å². The van der Waals surface area contributed by atoms with Gasteiger partial charge in [0.2, 0.25) is 5.91 Å². The first kappa shape index (κ1) is 14.8. The molecule has 0 spiro atoms. The van der Waals surface area contributed by atoms with Gasteiger partial charge < -0.3 is 9.64 Å². The van der Waals surface area contributed by atoms with Gasteiger partial charge in [-0.3, -0.25) is 4.79 Å². The van der Waals surface area contributed by atoms with E-state index in [1.165, 1.54) is 18.7 Å². The fraction of sp³-hybridized carbons (Fsp3) is 0.500. The SMILES string of the molecule is CC(C)(C(=O)N1C[C@@H]2C[C@H]1c1ccc(C#N)cc1O2)C(F)F. The quantitative estimate of drug-likeness (QED) is 0.844. The standard InChI is InChI=1S/C16H16F2N2O2/c1-16(2,14(17)18)15(21)20-8-10-6-12(20)11-4-3-9(7-19)5-13(11)22-10/h3-5,10,12,14H,6,8H2,1-2H3/t10-,12-/m0/s1. The number of nitriles is 1. The van der Waals surface area contributed by atoms with Gasteiger partial charge in [-0.15, -0.1) is 0 Å². The van der Waals surface area contributed by atoms with Crippen LogP contribution in [0.25, 0.3) is 0 Å². The monoisotopic (exact) mass is 306 g/mol. The van der Waals surface area contributed by atoms with Crippen molar-refractivity contribution < 1.29 is 18.3 Å². The lowest BCUT2D eigenvalue weighted by molar-refractivity contribution is -0.149. The van der Waals surface area contributed by atoms with Gasteiger partial charge in [0, 0.05) is 12.0 Å². The van der Waals surface area contributed by atoms with E-state index in [-0.39, 0.29) is 12.1 Å². The third-order valence-corrected chi connectivity index (χ3v) is 4.42. The molecular weight excluding hydrogens is 290 g/mol. The molecule has 1 saturated heterocycles. The Morgan fingerprint density at radius 3 is 2.86 bits per heavy atom. The Morgan fingerprint density at radius 2 is 2.23 bits per heavy atom. The van der Waals surface area contributed by atoms with Crippen molar-refractivity contribution in [3.8, 4) is 11.8 Å². The number of carbonyl (C=O) groups excluding carboxylic acids is 1. The minimum absolute atomic E-state index is 0.205. The number of halogens is 2. The van der Waals surface area contributed by atoms with Gasteiger partial charge in [-0.2, -0.15) is 5.26 Å². The van der Waals surface area contributed by atoms with E-state index < -0.39 is 17.7 Å². The van der Waals surface area contributed by atoms with E-state index in [4.69, 9.17) is 10.00 Å². The van der Waals surface area contributed by atoms with Gasteiger partial charge in [-0.1, -0.05) is 6.07 Å². The lowest BCUT2D eigenvalue weighted by Crippen LogP contribution is -2.44. The van der Waals surface area contributed by atoms with Gasteiger partial charge >= 0.3 is 0 Å². The molecule has 1 aromatic rings. The van der Waals surface area contributed by atoms with Crippen LogP contribution in [-0.4, -0.2) is 29.9 Å². The second kappa shape index (κ2) is 4.94. The lowest BCUT2D eigenvalue weighted by atomic mass is 9.91. The first-order valence-electron chi connectivity index (χ1n) is 7.14. The van der Waals surface area contributed by atoms with Gasteiger partial charge in [0.15, 0.2) is 0 Å². The molecule has 0 radical (unpaired) electrons. The van der Waals surface area contributed by atoms with Crippen molar-refractivity contribution in [3.05, 3.63) is 29.3 Å². The minimum atomic E-state index is -2.72. The number of amides is 1. The summed E-state index contributed by atoms with van der Waals surface area (Å²) < 4.78 is 32.1. The molecule has 0 N–H and O–H groups in total. The summed E-state index contributed by atoms with van der Waals surface area (Å²) in [4.78, 5) is 14.0. The van der Waals surface area contributed by atoms with E-state index in [0.29, 0.717) is 24.3 Å². The normalized spacial score (nSPS) is 23.0. The number of hydrogen-bond acceptors (Lipinski definition) is 3. The highest BCUT2D eigenvalue weighted by Crippen LogP contribution is 2.45. The van der Waals surface area contributed by atoms with Crippen molar-refractivity contribution in [2.24, 2.45) is 5.41 Å². The van der Waals surface area contributed by atoms with E-state index in [2.05, 4.69) is 0 Å². The molecule has 2 atom stereocenters. The van der Waals surface area contributed by atoms with Crippen LogP contribution in [0, 0.1) is 16.7 Å². The first-order valence-corrected chi connectivity index (χ1v) is 7.14. The highest BCUT2D eigenvalue weighted by atomic mass is 19.3. The van der Waals surface area contributed by atoms with Crippen molar-refractivity contribution in [1.29, 1.82) is 5.26 Å². The highest BCUT2D eigenvalue weighted by Gasteiger charge is 2.48. The second-order valence-electron chi connectivity index (χ2n) is 6.34. The summed E-state index contributed by atoms with van der Waals surface area (Å²) in [7, 11) is 0. The molecule has 0 saturated carbocycles. The van der Waals surface area contributed by atoms with Crippen molar-refractivity contribution in [1.82, 2.24) is 4.90 Å². The number of nitrogens with zero attached hydrogens (tertiary/aromatic N) is 2. The lowest BCUT2D eigenvalue weighted by Gasteiger charge is -2.32. The van der Waals surface area contributed by atoms with Crippen LogP contribution in [0.4, 0.5) is 8.78 Å². The summed E-state index contributed by atoms with van der Waals surface area (Å²) in [5, 5.41) is 8.94. The number of benzene rings is 1. The molecule has 0 aromatic heterocycles. The van der Waals surface area contributed by atoms with Crippen molar-refractivity contribution in [2.45, 2.75) is 38.8 Å². The van der Waals surface area contributed by atoms with Gasteiger partial charge in [0.1, 0.15) is 17.3 Å². The molecule has 1 fully saturated rings. The number of carbonyl (C=O) groups is 1. The Morgan fingerprint density at radius 1 is 1.50 bits per heavy atom. The Labute approximate surface area is 127 Å². The molecule has 2 aliphatic heterocycles. The predicted molar refractivity (Wildman–Crippen MR) is 74.4 cm³/mol. The van der Waals surface area contributed by atoms with Crippen LogP contribution in [0.15, 0.2) is 18.2 Å². The van der Waals surface area contributed by atoms with E-state index in [1.54, 1.807) is 18.2 Å². The molecule has 3 rings (SSSR count). The Balaban J connectivity index is 1.95. The van der Waals surface area contributed by atoms with Crippen LogP contribution in [0.2, 0.25) is 0 Å². The maximum atomic E-state index is 13.1. The van der Waals surface area contributed by atoms with E-state index in [1.807, 2.05) is 6.07 Å². The molecule has 1 aromatic carbocycles. The molecule has 2 bridgehead atoms. The molecule has 0 unspecified atom stereocenters. The summed E-state index contributed by atoms with van der Waals surface area (Å²) >= 11 is 0. The number of likely N-dealkylation sites (tertiary alicyclic amines) is 1. The Kier molecular flexibility index (Phi) is 3.32. The number of alkyl halides is 2. The van der Waals surface area contributed by atoms with Crippen LogP contribution >= 0.6 is 0 Å². The summed E-state index contributed by atoms with van der Waals surface area (Å²) in [5.74, 6) is 0.0151. The smallest absolute Gasteiger partial charge is 0.252 e. The molecule has 116 valence electrons. The zero-order valence-electron chi connectivity index (χ0n) is 12.3. The van der Waals surface area contributed by atoms with Gasteiger partial charge in [0.25, 0.3) is 6.43 Å². The number of rotatable bonds is 2. The van der Waals surface area contributed by atoms with Crippen molar-refractivity contribution in [2.75, 3.05) is 6.54 Å². The number of ether oxygens (including phenoxy) is 1. The average Bonchev–Trinajstić information content (AvgIpc) is 2.83. The Bertz CT molecular complexity index is 667. The number of fused-ring (bicyclic) bond motifs is 4. The maximum Gasteiger partial charge on any atom is 0.252 e. The predicted octanol–water partition coefficient (Wildman–Crippen LogP) is 2.88. The average molecular weight is 306 g/mol. The molecule has 1 amide bonds. The molecule has 22 heavy (non-hydrogen) atoms. The maximum absolute atomic E-state index is 13.1. The third kappa shape index (κ3) is 2.12. The summed E-state index contributed by atoms with van der Waals surface area (Å²) in [5.41, 5.74) is -0.457. The summed E-state index contributed by atoms with van der Waals surface area (Å²) in [6.07, 6.45) is -2.32. The second-order valence-corrected chi connectivity index (χ2v) is 6.34. The third-order valence-electron chi connectivity index (χ3n) is 4.42. The van der Waals surface area contributed by atoms with Crippen LogP contribution in [0.1, 0.15) is 37.4 Å². The number of hydrogen-bond donors (Lipinski definition) is 0. The van der Waals surface area contributed by atoms with Crippen LogP contribution < -0.4 is 4.74 Å². The van der Waals surface area contributed by atoms with Crippen molar-refractivity contribution >= 4 is 5.91 Å². The van der Waals surface area contributed by atoms with E-state index >= 15 is 0 Å². The van der Waals surface area contributed by atoms with Crippen molar-refractivity contribution in [3.63, 3.8) is 0 Å². The minimum Gasteiger partial charge on any atom is -0.488 e. The van der Waals surface area contributed by atoms with E-state index in [9.17, 15) is 13.6 Å². The van der Waals surface area contributed by atoms with Crippen LogP contribution in [0.3, 0.4) is 0 Å². The van der Waals surface area contributed by atoms with Gasteiger partial charge in [-0.25, -0.2) is 8.78 Å². The molecule has 0 aliphatic carbocycles. The first-order chi connectivity index (χ1) is 10.3. The fourth-order valence-electron chi connectivity index (χ4n) is 3.03. The largest absolute Gasteiger partial charge is 0.488 e. The van der Waals surface area contributed by atoms with Gasteiger partial charge in [-0.05, 0) is 26.0 Å². The van der Waals surface area contributed by atoms with Crippen LogP contribution in [-0.2, 0) is 4.79 Å². The topological polar surface area (TPSA) is 53.3 Å². The summed E-state index contributed by atoms with van der Waals surface area (Å²) in [6.45, 7) is 2.84. The highest BCUT2D eigenvalue weighted by molar-refractivity contribution is 5.83. The molecule has 2 heterocycles. The molecule has 4 nitrogen and oxygen atoms in total. The van der Waals surface area contributed by atoms with Crippen LogP contribution in [0.5, 0.6) is 5.75 Å². The fourth-order valence-corrected chi connectivity index (χ4v) is 3.03.